The van der Waals surface area contributed by atoms with Gasteiger partial charge in [-0.15, -0.1) is 0 Å². The molecule has 53 heavy (non-hydrogen) atoms. The molecule has 0 saturated carbocycles. The third kappa shape index (κ3) is 9.20. The number of allylic oxidation sites excluding steroid dienone is 4. The summed E-state index contributed by atoms with van der Waals surface area (Å²) in [5, 5.41) is 0.354. The zero-order chi connectivity index (χ0) is 39.4. The molecule has 0 heterocycles. The fourth-order valence-corrected chi connectivity index (χ4v) is 12.6. The molecule has 0 spiro atoms. The number of benzene rings is 4. The van der Waals surface area contributed by atoms with Gasteiger partial charge in [0.05, 0.1) is 22.3 Å². The molecular weight excluding hydrogens is 758 g/mol. The third-order valence-electron chi connectivity index (χ3n) is 8.63. The average Bonchev–Trinajstić information content (AvgIpc) is 3.48. The van der Waals surface area contributed by atoms with Crippen LogP contribution in [0.4, 0.5) is 52.7 Å². The monoisotopic (exact) mass is 789 g/mol. The molecule has 1 radical (unpaired) electrons. The van der Waals surface area contributed by atoms with E-state index in [1.165, 1.54) is 12.2 Å². The lowest BCUT2D eigenvalue weighted by molar-refractivity contribution is -0.144. The maximum absolute atomic E-state index is 14.1. The van der Waals surface area contributed by atoms with Crippen molar-refractivity contribution in [2.45, 2.75) is 70.6 Å². The highest BCUT2D eigenvalue weighted by molar-refractivity contribution is 7.75. The van der Waals surface area contributed by atoms with Crippen LogP contribution in [0.5, 0.6) is 0 Å². The lowest BCUT2D eigenvalue weighted by atomic mass is 10.1. The Labute approximate surface area is 301 Å². The predicted molar refractivity (Wildman–Crippen MR) is 186 cm³/mol. The third-order valence-corrected chi connectivity index (χ3v) is 14.0. The Hall–Kier alpha value is -3.62. The molecule has 4 aromatic carbocycles. The van der Waals surface area contributed by atoms with Gasteiger partial charge in [0, 0.05) is 11.3 Å². The standard InChI is InChI=1S/C39H31F12P2/c1-21-9-22(2)12-30(11-21)52(31-13-23(3)10-24(4)14-31)25(5)34-7-6-8-35(34)53(32-17-26(36(40,41)42)15-27(18-32)37(43,44)45)33-19-28(38(46,47)48)16-29(20-33)39(49,50)51/h6,8-20,25,35H,1-5H3/t25-,35?/m0/s1. The van der Waals surface area contributed by atoms with Crippen LogP contribution in [0.1, 0.15) is 51.4 Å². The van der Waals surface area contributed by atoms with Crippen LogP contribution in [0.3, 0.4) is 0 Å². The Kier molecular flexibility index (Phi) is 11.1. The molecule has 0 bridgehead atoms. The van der Waals surface area contributed by atoms with Crippen molar-refractivity contribution in [2.24, 2.45) is 0 Å². The van der Waals surface area contributed by atoms with Crippen molar-refractivity contribution >= 4 is 37.1 Å². The van der Waals surface area contributed by atoms with Gasteiger partial charge in [0.15, 0.2) is 0 Å². The summed E-state index contributed by atoms with van der Waals surface area (Å²) in [5.41, 5.74) is -4.78. The number of rotatable bonds is 7. The van der Waals surface area contributed by atoms with E-state index in [1.54, 1.807) is 6.92 Å². The number of alkyl halides is 12. The molecule has 281 valence electrons. The molecule has 0 N–H and O–H groups in total. The number of hydrogen-bond acceptors (Lipinski definition) is 0. The minimum absolute atomic E-state index is 0.125. The summed E-state index contributed by atoms with van der Waals surface area (Å²) in [4.78, 5) is 0. The molecule has 14 heteroatoms. The van der Waals surface area contributed by atoms with Crippen LogP contribution >= 0.6 is 15.8 Å². The molecule has 0 saturated heterocycles. The van der Waals surface area contributed by atoms with Crippen LogP contribution in [0.2, 0.25) is 0 Å². The van der Waals surface area contributed by atoms with E-state index in [4.69, 9.17) is 0 Å². The van der Waals surface area contributed by atoms with Gasteiger partial charge < -0.3 is 0 Å². The van der Waals surface area contributed by atoms with E-state index >= 15 is 0 Å². The van der Waals surface area contributed by atoms with Crippen molar-refractivity contribution in [3.63, 3.8) is 0 Å². The van der Waals surface area contributed by atoms with Gasteiger partial charge in [-0.1, -0.05) is 77.7 Å². The van der Waals surface area contributed by atoms with Gasteiger partial charge >= 0.3 is 24.7 Å². The van der Waals surface area contributed by atoms with Gasteiger partial charge in [-0.3, -0.25) is 0 Å². The zero-order valence-electron chi connectivity index (χ0n) is 28.7. The summed E-state index contributed by atoms with van der Waals surface area (Å²) in [6, 6.07) is 13.0. The molecule has 0 aliphatic heterocycles. The fraction of sp³-hybridized carbons (Fsp3) is 0.282. The Morgan fingerprint density at radius 1 is 0.472 bits per heavy atom. The SMILES string of the molecule is Cc1cc(C)cc(P(c2cc(C)cc(C)c2)[C@@H](C)C2=[C]C=CC2P(c2cc(C(F)(F)F)cc(C(F)(F)F)c2)c2cc(C(F)(F)F)cc(C(F)(F)F)c2)c1. The number of aryl methyl sites for hydroxylation is 4. The molecular formula is C39H31F12P2. The second-order valence-electron chi connectivity index (χ2n) is 13.0. The molecule has 0 aromatic heterocycles. The zero-order valence-corrected chi connectivity index (χ0v) is 30.5. The lowest BCUT2D eigenvalue weighted by Gasteiger charge is -2.35. The first kappa shape index (κ1) is 40.6. The largest absolute Gasteiger partial charge is 0.416 e. The average molecular weight is 790 g/mol. The van der Waals surface area contributed by atoms with E-state index in [-0.39, 0.29) is 12.1 Å². The van der Waals surface area contributed by atoms with Gasteiger partial charge in [0.1, 0.15) is 0 Å². The highest BCUT2D eigenvalue weighted by Crippen LogP contribution is 2.54. The first-order valence-corrected chi connectivity index (χ1v) is 18.8. The Bertz CT molecular complexity index is 1830. The molecule has 0 nitrogen and oxygen atoms in total. The van der Waals surface area contributed by atoms with Crippen LogP contribution in [0.25, 0.3) is 0 Å². The van der Waals surface area contributed by atoms with Crippen LogP contribution in [-0.4, -0.2) is 11.3 Å². The van der Waals surface area contributed by atoms with Crippen molar-refractivity contribution in [3.05, 3.63) is 141 Å². The molecule has 1 unspecified atom stereocenters. The summed E-state index contributed by atoms with van der Waals surface area (Å²) in [6.45, 7) is 9.34. The minimum Gasteiger partial charge on any atom is -0.166 e. The van der Waals surface area contributed by atoms with Gasteiger partial charge in [-0.05, 0) is 113 Å². The van der Waals surface area contributed by atoms with E-state index in [9.17, 15) is 52.7 Å². The summed E-state index contributed by atoms with van der Waals surface area (Å²) in [7, 11) is -4.27. The Balaban J connectivity index is 1.81. The molecule has 2 atom stereocenters. The van der Waals surface area contributed by atoms with Crippen molar-refractivity contribution in [3.8, 4) is 0 Å². The second kappa shape index (κ2) is 14.6. The molecule has 5 rings (SSSR count). The van der Waals surface area contributed by atoms with Crippen LogP contribution in [-0.2, 0) is 24.7 Å². The van der Waals surface area contributed by atoms with E-state index in [0.29, 0.717) is 29.8 Å². The topological polar surface area (TPSA) is 0 Å². The van der Waals surface area contributed by atoms with E-state index < -0.39 is 84.7 Å². The number of hydrogen-bond donors (Lipinski definition) is 0. The van der Waals surface area contributed by atoms with Gasteiger partial charge in [-0.2, -0.15) is 52.7 Å². The molecule has 1 aliphatic carbocycles. The van der Waals surface area contributed by atoms with E-state index in [1.807, 2.05) is 64.1 Å². The maximum Gasteiger partial charge on any atom is 0.416 e. The van der Waals surface area contributed by atoms with Crippen molar-refractivity contribution in [1.82, 2.24) is 0 Å². The lowest BCUT2D eigenvalue weighted by Crippen LogP contribution is -2.30. The Morgan fingerprint density at radius 2 is 0.792 bits per heavy atom. The van der Waals surface area contributed by atoms with Gasteiger partial charge in [0.2, 0.25) is 0 Å². The van der Waals surface area contributed by atoms with Crippen molar-refractivity contribution in [2.75, 3.05) is 0 Å². The van der Waals surface area contributed by atoms with Crippen LogP contribution in [0, 0.1) is 33.8 Å². The Morgan fingerprint density at radius 3 is 1.09 bits per heavy atom. The van der Waals surface area contributed by atoms with Gasteiger partial charge in [-0.25, -0.2) is 0 Å². The first-order valence-electron chi connectivity index (χ1n) is 16.0. The summed E-state index contributed by atoms with van der Waals surface area (Å²) in [6.07, 6.45) is -15.5. The quantitative estimate of drug-likeness (QED) is 0.129. The molecule has 0 amide bonds. The second-order valence-corrected chi connectivity index (χ2v) is 17.9. The summed E-state index contributed by atoms with van der Waals surface area (Å²) < 4.78 is 170. The van der Waals surface area contributed by atoms with Crippen molar-refractivity contribution in [1.29, 1.82) is 0 Å². The molecule has 4 aromatic rings. The predicted octanol–water partition coefficient (Wildman–Crippen LogP) is 11.6. The normalized spacial score (nSPS) is 16.1. The van der Waals surface area contributed by atoms with E-state index in [2.05, 4.69) is 6.08 Å². The number of halogens is 12. The van der Waals surface area contributed by atoms with Crippen molar-refractivity contribution < 1.29 is 52.7 Å². The summed E-state index contributed by atoms with van der Waals surface area (Å²) in [5.74, 6) is 0. The molecule has 0 fully saturated rings. The highest BCUT2D eigenvalue weighted by Gasteiger charge is 2.43. The van der Waals surface area contributed by atoms with Crippen LogP contribution in [0.15, 0.2) is 90.5 Å². The molecule has 1 aliphatic rings. The van der Waals surface area contributed by atoms with E-state index in [0.717, 1.165) is 32.9 Å². The maximum atomic E-state index is 14.1. The first-order chi connectivity index (χ1) is 24.3. The van der Waals surface area contributed by atoms with Crippen LogP contribution < -0.4 is 21.2 Å². The minimum atomic E-state index is -5.33. The highest BCUT2D eigenvalue weighted by atomic mass is 31.1. The summed E-state index contributed by atoms with van der Waals surface area (Å²) >= 11 is 0. The fourth-order valence-electron chi connectivity index (χ4n) is 6.56. The van der Waals surface area contributed by atoms with Gasteiger partial charge in [0.25, 0.3) is 0 Å². The smallest absolute Gasteiger partial charge is 0.166 e.